The SMILES string of the molecule is CN1CCC(=NO)c2ccccc21.CN1CCC(N)c2ccccc21. The molecule has 1 atom stereocenters. The highest BCUT2D eigenvalue weighted by Crippen LogP contribution is 2.30. The van der Waals surface area contributed by atoms with Crippen LogP contribution in [0.1, 0.15) is 30.0 Å². The van der Waals surface area contributed by atoms with Crippen molar-refractivity contribution in [2.75, 3.05) is 37.0 Å². The molecule has 0 saturated carbocycles. The van der Waals surface area contributed by atoms with E-state index < -0.39 is 0 Å². The van der Waals surface area contributed by atoms with Crippen LogP contribution in [0.25, 0.3) is 0 Å². The van der Waals surface area contributed by atoms with Crippen LogP contribution in [-0.4, -0.2) is 38.1 Å². The molecule has 1 unspecified atom stereocenters. The number of fused-ring (bicyclic) bond motifs is 2. The number of rotatable bonds is 0. The van der Waals surface area contributed by atoms with Gasteiger partial charge in [0.2, 0.25) is 0 Å². The average molecular weight is 338 g/mol. The summed E-state index contributed by atoms with van der Waals surface area (Å²) in [5.41, 5.74) is 11.5. The highest BCUT2D eigenvalue weighted by Gasteiger charge is 2.19. The minimum Gasteiger partial charge on any atom is -0.411 e. The van der Waals surface area contributed by atoms with Crippen molar-refractivity contribution in [1.82, 2.24) is 0 Å². The second-order valence-electron chi connectivity index (χ2n) is 6.61. The lowest BCUT2D eigenvalue weighted by Crippen LogP contribution is -2.30. The van der Waals surface area contributed by atoms with E-state index in [-0.39, 0.29) is 6.04 Å². The van der Waals surface area contributed by atoms with Crippen molar-refractivity contribution in [2.24, 2.45) is 10.9 Å². The Balaban J connectivity index is 0.000000146. The normalized spacial score (nSPS) is 20.4. The molecule has 2 aromatic carbocycles. The van der Waals surface area contributed by atoms with E-state index in [0.29, 0.717) is 0 Å². The van der Waals surface area contributed by atoms with Gasteiger partial charge >= 0.3 is 0 Å². The van der Waals surface area contributed by atoms with Crippen LogP contribution in [0, 0.1) is 0 Å². The third-order valence-corrected chi connectivity index (χ3v) is 4.95. The Kier molecular flexibility index (Phi) is 5.24. The molecule has 0 fully saturated rings. The van der Waals surface area contributed by atoms with Gasteiger partial charge in [-0.05, 0) is 24.1 Å². The van der Waals surface area contributed by atoms with Gasteiger partial charge in [0.15, 0.2) is 0 Å². The van der Waals surface area contributed by atoms with Gasteiger partial charge in [-0.25, -0.2) is 0 Å². The Morgan fingerprint density at radius 3 is 2.32 bits per heavy atom. The molecular formula is C20H26N4O. The molecule has 3 N–H and O–H groups in total. The minimum atomic E-state index is 0.234. The molecular weight excluding hydrogens is 312 g/mol. The molecule has 0 amide bonds. The van der Waals surface area contributed by atoms with E-state index in [1.165, 1.54) is 11.3 Å². The van der Waals surface area contributed by atoms with Crippen LogP contribution in [0.15, 0.2) is 53.7 Å². The lowest BCUT2D eigenvalue weighted by atomic mass is 9.98. The summed E-state index contributed by atoms with van der Waals surface area (Å²) in [4.78, 5) is 4.43. The molecule has 0 aromatic heterocycles. The van der Waals surface area contributed by atoms with Crippen LogP contribution >= 0.6 is 0 Å². The Bertz CT molecular complexity index is 730. The summed E-state index contributed by atoms with van der Waals surface area (Å²) in [6, 6.07) is 16.6. The van der Waals surface area contributed by atoms with Gasteiger partial charge in [0.1, 0.15) is 0 Å². The lowest BCUT2D eigenvalue weighted by Gasteiger charge is -2.31. The molecule has 0 saturated heterocycles. The van der Waals surface area contributed by atoms with E-state index in [1.807, 2.05) is 31.3 Å². The van der Waals surface area contributed by atoms with Gasteiger partial charge in [-0.3, -0.25) is 0 Å². The first-order chi connectivity index (χ1) is 12.1. The molecule has 25 heavy (non-hydrogen) atoms. The largest absolute Gasteiger partial charge is 0.411 e. The molecule has 5 heteroatoms. The molecule has 0 aliphatic carbocycles. The van der Waals surface area contributed by atoms with Gasteiger partial charge < -0.3 is 20.7 Å². The van der Waals surface area contributed by atoms with E-state index in [0.717, 1.165) is 42.9 Å². The summed E-state index contributed by atoms with van der Waals surface area (Å²) < 4.78 is 0. The predicted octanol–water partition coefficient (Wildman–Crippen LogP) is 3.23. The first-order valence-electron chi connectivity index (χ1n) is 8.69. The Morgan fingerprint density at radius 2 is 1.60 bits per heavy atom. The number of oxime groups is 1. The maximum Gasteiger partial charge on any atom is 0.0906 e. The number of hydrogen-bond acceptors (Lipinski definition) is 5. The molecule has 4 rings (SSSR count). The summed E-state index contributed by atoms with van der Waals surface area (Å²) in [5, 5.41) is 12.1. The standard InChI is InChI=1S/C10H12N2O.C10H14N2/c1-12-7-6-9(11-13)8-4-2-3-5-10(8)12;1-12-7-6-9(11)8-4-2-3-5-10(8)12/h2-5,13H,6-7H2,1H3;2-5,9H,6-7,11H2,1H3. The zero-order chi connectivity index (χ0) is 17.8. The number of anilines is 2. The molecule has 0 radical (unpaired) electrons. The summed E-state index contributed by atoms with van der Waals surface area (Å²) in [7, 11) is 4.16. The molecule has 0 bridgehead atoms. The van der Waals surface area contributed by atoms with E-state index in [1.54, 1.807) is 0 Å². The summed E-state index contributed by atoms with van der Waals surface area (Å²) in [5.74, 6) is 0. The fraction of sp³-hybridized carbons (Fsp3) is 0.350. The Hall–Kier alpha value is -2.53. The van der Waals surface area contributed by atoms with Crippen LogP contribution in [-0.2, 0) is 0 Å². The second kappa shape index (κ2) is 7.57. The molecule has 2 aliphatic heterocycles. The minimum absolute atomic E-state index is 0.234. The van der Waals surface area contributed by atoms with Crippen LogP contribution < -0.4 is 15.5 Å². The van der Waals surface area contributed by atoms with Gasteiger partial charge in [0.25, 0.3) is 0 Å². The number of nitrogens with two attached hydrogens (primary N) is 1. The van der Waals surface area contributed by atoms with Crippen LogP contribution in [0.4, 0.5) is 11.4 Å². The van der Waals surface area contributed by atoms with E-state index >= 15 is 0 Å². The van der Waals surface area contributed by atoms with Crippen molar-refractivity contribution in [3.8, 4) is 0 Å². The topological polar surface area (TPSA) is 65.1 Å². The Labute approximate surface area is 149 Å². The van der Waals surface area contributed by atoms with Crippen LogP contribution in [0.5, 0.6) is 0 Å². The third kappa shape index (κ3) is 3.61. The van der Waals surface area contributed by atoms with E-state index in [2.05, 4.69) is 46.3 Å². The maximum absolute atomic E-state index is 8.79. The van der Waals surface area contributed by atoms with Crippen molar-refractivity contribution < 1.29 is 5.21 Å². The smallest absolute Gasteiger partial charge is 0.0906 e. The highest BCUT2D eigenvalue weighted by molar-refractivity contribution is 6.06. The van der Waals surface area contributed by atoms with Gasteiger partial charge in [-0.2, -0.15) is 0 Å². The molecule has 132 valence electrons. The first kappa shape index (κ1) is 17.3. The summed E-state index contributed by atoms with van der Waals surface area (Å²) in [6.45, 7) is 1.98. The van der Waals surface area contributed by atoms with Crippen molar-refractivity contribution in [1.29, 1.82) is 0 Å². The van der Waals surface area contributed by atoms with Crippen molar-refractivity contribution >= 4 is 17.1 Å². The zero-order valence-corrected chi connectivity index (χ0v) is 14.9. The highest BCUT2D eigenvalue weighted by atomic mass is 16.4. The summed E-state index contributed by atoms with van der Waals surface area (Å²) in [6.07, 6.45) is 1.87. The van der Waals surface area contributed by atoms with Crippen LogP contribution in [0.3, 0.4) is 0 Å². The van der Waals surface area contributed by atoms with Crippen molar-refractivity contribution in [3.05, 3.63) is 59.7 Å². The average Bonchev–Trinajstić information content (AvgIpc) is 2.66. The van der Waals surface area contributed by atoms with E-state index in [9.17, 15) is 0 Å². The molecule has 0 spiro atoms. The van der Waals surface area contributed by atoms with Gasteiger partial charge in [-0.15, -0.1) is 0 Å². The molecule has 5 nitrogen and oxygen atoms in total. The molecule has 2 aliphatic rings. The van der Waals surface area contributed by atoms with E-state index in [4.69, 9.17) is 10.9 Å². The van der Waals surface area contributed by atoms with Crippen LogP contribution in [0.2, 0.25) is 0 Å². The molecule has 2 heterocycles. The quantitative estimate of drug-likeness (QED) is 0.572. The third-order valence-electron chi connectivity index (χ3n) is 4.95. The molecule has 2 aromatic rings. The van der Waals surface area contributed by atoms with Crippen molar-refractivity contribution in [3.63, 3.8) is 0 Å². The maximum atomic E-state index is 8.79. The monoisotopic (exact) mass is 338 g/mol. The lowest BCUT2D eigenvalue weighted by molar-refractivity contribution is 0.318. The van der Waals surface area contributed by atoms with Gasteiger partial charge in [0.05, 0.1) is 5.71 Å². The number of nitrogens with zero attached hydrogens (tertiary/aromatic N) is 3. The number of hydrogen-bond donors (Lipinski definition) is 2. The fourth-order valence-electron chi connectivity index (χ4n) is 3.44. The van der Waals surface area contributed by atoms with Crippen molar-refractivity contribution in [2.45, 2.75) is 18.9 Å². The number of para-hydroxylation sites is 2. The summed E-state index contributed by atoms with van der Waals surface area (Å²) >= 11 is 0. The van der Waals surface area contributed by atoms with Gasteiger partial charge in [-0.1, -0.05) is 41.6 Å². The fourth-order valence-corrected chi connectivity index (χ4v) is 3.44. The predicted molar refractivity (Wildman–Crippen MR) is 104 cm³/mol. The second-order valence-corrected chi connectivity index (χ2v) is 6.61. The zero-order valence-electron chi connectivity index (χ0n) is 14.9. The number of benzene rings is 2. The first-order valence-corrected chi connectivity index (χ1v) is 8.69. The Morgan fingerprint density at radius 1 is 0.960 bits per heavy atom. The van der Waals surface area contributed by atoms with Gasteiger partial charge in [0, 0.05) is 56.6 Å².